The van der Waals surface area contributed by atoms with Crippen molar-refractivity contribution < 1.29 is 14.3 Å². The zero-order chi connectivity index (χ0) is 20.5. The van der Waals surface area contributed by atoms with E-state index < -0.39 is 0 Å². The highest BCUT2D eigenvalue weighted by Gasteiger charge is 2.10. The van der Waals surface area contributed by atoms with Gasteiger partial charge in [-0.1, -0.05) is 31.2 Å². The lowest BCUT2D eigenvalue weighted by Crippen LogP contribution is -2.20. The maximum Gasteiger partial charge on any atom is 0.264 e. The Kier molecular flexibility index (Phi) is 7.41. The Labute approximate surface area is 175 Å². The number of hydrogen-bond donors (Lipinski definition) is 1. The van der Waals surface area contributed by atoms with Crippen LogP contribution in [0.5, 0.6) is 11.5 Å². The summed E-state index contributed by atoms with van der Waals surface area (Å²) in [6.45, 7) is 6.44. The molecule has 1 heterocycles. The van der Waals surface area contributed by atoms with Crippen molar-refractivity contribution in [1.29, 1.82) is 0 Å². The fourth-order valence-electron chi connectivity index (χ4n) is 2.67. The average Bonchev–Trinajstić information content (AvgIpc) is 3.20. The van der Waals surface area contributed by atoms with Crippen LogP contribution >= 0.6 is 11.3 Å². The Morgan fingerprint density at radius 1 is 1.17 bits per heavy atom. The largest absolute Gasteiger partial charge is 0.494 e. The summed E-state index contributed by atoms with van der Waals surface area (Å²) >= 11 is 1.38. The molecule has 0 unspecified atom stereocenters. The molecule has 1 amide bonds. The second kappa shape index (κ2) is 10.4. The summed E-state index contributed by atoms with van der Waals surface area (Å²) in [6, 6.07) is 15.4. The number of para-hydroxylation sites is 1. The summed E-state index contributed by atoms with van der Waals surface area (Å²) in [7, 11) is 0. The van der Waals surface area contributed by atoms with Crippen LogP contribution in [0.2, 0.25) is 0 Å². The van der Waals surface area contributed by atoms with Crippen molar-refractivity contribution in [1.82, 2.24) is 4.98 Å². The van der Waals surface area contributed by atoms with Crippen molar-refractivity contribution in [2.75, 3.05) is 18.5 Å². The highest BCUT2D eigenvalue weighted by molar-refractivity contribution is 7.14. The number of anilines is 1. The number of aromatic nitrogens is 1. The number of carbonyl (C=O) groups excluding carboxylic acids is 1. The molecule has 3 rings (SSSR count). The molecule has 150 valence electrons. The summed E-state index contributed by atoms with van der Waals surface area (Å²) in [5, 5.41) is 5.25. The van der Waals surface area contributed by atoms with Gasteiger partial charge < -0.3 is 9.47 Å². The van der Waals surface area contributed by atoms with Crippen molar-refractivity contribution >= 4 is 22.4 Å². The number of amides is 1. The van der Waals surface area contributed by atoms with E-state index in [0.717, 1.165) is 29.0 Å². The van der Waals surface area contributed by atoms with E-state index in [2.05, 4.69) is 23.8 Å². The summed E-state index contributed by atoms with van der Waals surface area (Å²) < 4.78 is 11.3. The number of benzene rings is 2. The second-order valence-corrected chi connectivity index (χ2v) is 7.21. The zero-order valence-corrected chi connectivity index (χ0v) is 17.2. The van der Waals surface area contributed by atoms with E-state index >= 15 is 0 Å². The molecule has 1 N–H and O–H groups in total. The van der Waals surface area contributed by atoms with Crippen LogP contribution in [-0.4, -0.2) is 24.1 Å². The Bertz CT molecular complexity index is 951. The molecule has 6 heteroatoms. The molecule has 1 aromatic heterocycles. The molecule has 0 spiro atoms. The lowest BCUT2D eigenvalue weighted by Gasteiger charge is -2.09. The molecule has 0 radical (unpaired) electrons. The number of allylic oxidation sites excluding steroid dienone is 1. The molecule has 0 aliphatic rings. The van der Waals surface area contributed by atoms with Crippen molar-refractivity contribution in [3.63, 3.8) is 0 Å². The highest BCUT2D eigenvalue weighted by atomic mass is 32.1. The Morgan fingerprint density at radius 3 is 2.72 bits per heavy atom. The van der Waals surface area contributed by atoms with Crippen LogP contribution < -0.4 is 14.8 Å². The minimum atomic E-state index is -0.248. The summed E-state index contributed by atoms with van der Waals surface area (Å²) in [5.74, 6) is 1.28. The first kappa shape index (κ1) is 20.6. The van der Waals surface area contributed by atoms with Crippen molar-refractivity contribution in [2.24, 2.45) is 0 Å². The molecule has 0 saturated heterocycles. The van der Waals surface area contributed by atoms with Crippen LogP contribution in [0.3, 0.4) is 0 Å². The van der Waals surface area contributed by atoms with Crippen LogP contribution in [0.4, 0.5) is 5.13 Å². The Balaban J connectivity index is 1.56. The first-order chi connectivity index (χ1) is 14.2. The molecule has 3 aromatic rings. The van der Waals surface area contributed by atoms with Gasteiger partial charge in [-0.25, -0.2) is 4.98 Å². The lowest BCUT2D eigenvalue weighted by molar-refractivity contribution is -0.118. The summed E-state index contributed by atoms with van der Waals surface area (Å²) in [4.78, 5) is 16.7. The number of nitrogens with zero attached hydrogens (tertiary/aromatic N) is 1. The standard InChI is InChI=1S/C23H24N2O3S/c1-3-7-18-8-5-6-9-21(18)28-15-22(26)25-23-24-20(16-29-23)17-10-12-19(13-11-17)27-14-4-2/h3,5-6,8-13,16H,1,4,7,14-15H2,2H3,(H,24,25,26). The van der Waals surface area contributed by atoms with Gasteiger partial charge in [0.15, 0.2) is 11.7 Å². The third-order valence-electron chi connectivity index (χ3n) is 4.07. The number of ether oxygens (including phenoxy) is 2. The molecular weight excluding hydrogens is 384 g/mol. The number of thiazole rings is 1. The third kappa shape index (κ3) is 5.93. The molecule has 29 heavy (non-hydrogen) atoms. The average molecular weight is 409 g/mol. The van der Waals surface area contributed by atoms with Gasteiger partial charge in [0.25, 0.3) is 5.91 Å². The van der Waals surface area contributed by atoms with Gasteiger partial charge >= 0.3 is 0 Å². The van der Waals surface area contributed by atoms with Crippen LogP contribution in [-0.2, 0) is 11.2 Å². The zero-order valence-electron chi connectivity index (χ0n) is 16.4. The molecule has 2 aromatic carbocycles. The molecule has 0 fully saturated rings. The molecule has 0 saturated carbocycles. The van der Waals surface area contributed by atoms with Crippen molar-refractivity contribution in [3.8, 4) is 22.8 Å². The van der Waals surface area contributed by atoms with E-state index in [4.69, 9.17) is 9.47 Å². The molecule has 0 bridgehead atoms. The fraction of sp³-hybridized carbons (Fsp3) is 0.217. The van der Waals surface area contributed by atoms with Crippen molar-refractivity contribution in [3.05, 3.63) is 72.1 Å². The number of nitrogens with one attached hydrogen (secondary N) is 1. The van der Waals surface area contributed by atoms with Gasteiger partial charge in [0, 0.05) is 10.9 Å². The Hall–Kier alpha value is -3.12. The quantitative estimate of drug-likeness (QED) is 0.460. The van der Waals surface area contributed by atoms with E-state index in [0.29, 0.717) is 23.9 Å². The van der Waals surface area contributed by atoms with E-state index in [1.165, 1.54) is 11.3 Å². The van der Waals surface area contributed by atoms with E-state index in [9.17, 15) is 4.79 Å². The number of rotatable bonds is 10. The normalized spacial score (nSPS) is 10.4. The topological polar surface area (TPSA) is 60.5 Å². The van der Waals surface area contributed by atoms with E-state index in [-0.39, 0.29) is 12.5 Å². The Morgan fingerprint density at radius 2 is 1.97 bits per heavy atom. The monoisotopic (exact) mass is 408 g/mol. The van der Waals surface area contributed by atoms with Gasteiger partial charge in [-0.3, -0.25) is 10.1 Å². The van der Waals surface area contributed by atoms with Gasteiger partial charge in [0.1, 0.15) is 11.5 Å². The van der Waals surface area contributed by atoms with Gasteiger partial charge in [0.2, 0.25) is 0 Å². The third-order valence-corrected chi connectivity index (χ3v) is 4.83. The van der Waals surface area contributed by atoms with Gasteiger partial charge in [-0.15, -0.1) is 17.9 Å². The molecule has 0 atom stereocenters. The van der Waals surface area contributed by atoms with Crippen LogP contribution in [0.15, 0.2) is 66.6 Å². The predicted octanol–water partition coefficient (Wildman–Crippen LogP) is 5.34. The minimum Gasteiger partial charge on any atom is -0.494 e. The van der Waals surface area contributed by atoms with Gasteiger partial charge in [0.05, 0.1) is 12.3 Å². The van der Waals surface area contributed by atoms with Crippen molar-refractivity contribution in [2.45, 2.75) is 19.8 Å². The van der Waals surface area contributed by atoms with Gasteiger partial charge in [-0.2, -0.15) is 0 Å². The molecular formula is C23H24N2O3S. The fourth-order valence-corrected chi connectivity index (χ4v) is 3.41. The summed E-state index contributed by atoms with van der Waals surface area (Å²) in [5.41, 5.74) is 2.78. The van der Waals surface area contributed by atoms with Gasteiger partial charge in [-0.05, 0) is 48.7 Å². The maximum absolute atomic E-state index is 12.2. The molecule has 0 aliphatic heterocycles. The van der Waals surface area contributed by atoms with Crippen LogP contribution in [0, 0.1) is 0 Å². The minimum absolute atomic E-state index is 0.0769. The molecule has 0 aliphatic carbocycles. The first-order valence-corrected chi connectivity index (χ1v) is 10.4. The summed E-state index contributed by atoms with van der Waals surface area (Å²) in [6.07, 6.45) is 3.47. The second-order valence-electron chi connectivity index (χ2n) is 6.35. The highest BCUT2D eigenvalue weighted by Crippen LogP contribution is 2.26. The van der Waals surface area contributed by atoms with Crippen LogP contribution in [0.25, 0.3) is 11.3 Å². The SMILES string of the molecule is C=CCc1ccccc1OCC(=O)Nc1nc(-c2ccc(OCCC)cc2)cs1. The maximum atomic E-state index is 12.2. The molecule has 5 nitrogen and oxygen atoms in total. The number of carbonyl (C=O) groups is 1. The van der Waals surface area contributed by atoms with Crippen LogP contribution in [0.1, 0.15) is 18.9 Å². The van der Waals surface area contributed by atoms with E-state index in [1.54, 1.807) is 0 Å². The lowest BCUT2D eigenvalue weighted by atomic mass is 10.1. The van der Waals surface area contributed by atoms with E-state index in [1.807, 2.05) is 60.0 Å². The predicted molar refractivity (Wildman–Crippen MR) is 118 cm³/mol. The first-order valence-electron chi connectivity index (χ1n) is 9.49. The smallest absolute Gasteiger partial charge is 0.264 e. The number of hydrogen-bond acceptors (Lipinski definition) is 5.